The predicted octanol–water partition coefficient (Wildman–Crippen LogP) is 5.68. The Morgan fingerprint density at radius 3 is 2.61 bits per heavy atom. The van der Waals surface area contributed by atoms with Crippen molar-refractivity contribution in [1.82, 2.24) is 5.43 Å². The molecule has 31 heavy (non-hydrogen) atoms. The third-order valence-corrected chi connectivity index (χ3v) is 7.36. The third-order valence-electron chi connectivity index (χ3n) is 7.36. The van der Waals surface area contributed by atoms with Crippen LogP contribution in [0.3, 0.4) is 0 Å². The molecule has 0 radical (unpaired) electrons. The number of anilines is 1. The van der Waals surface area contributed by atoms with Gasteiger partial charge < -0.3 is 10.4 Å². The van der Waals surface area contributed by atoms with Crippen LogP contribution in [-0.2, 0) is 4.79 Å². The average molecular weight is 426 g/mol. The van der Waals surface area contributed by atoms with Crippen molar-refractivity contribution in [1.29, 1.82) is 0 Å². The van der Waals surface area contributed by atoms with Gasteiger partial charge in [-0.25, -0.2) is 10.2 Å². The number of unbranched alkanes of at least 4 members (excludes halogenated alkanes) is 1. The summed E-state index contributed by atoms with van der Waals surface area (Å²) in [6.07, 6.45) is 9.39. The molecule has 2 bridgehead atoms. The molecular formula is C25H35N3O3. The number of hydrogen-bond donors (Lipinski definition) is 3. The number of benzene rings is 1. The summed E-state index contributed by atoms with van der Waals surface area (Å²) < 4.78 is 0. The van der Waals surface area contributed by atoms with E-state index in [1.165, 1.54) is 6.42 Å². The van der Waals surface area contributed by atoms with Gasteiger partial charge in [0.25, 0.3) is 0 Å². The van der Waals surface area contributed by atoms with Gasteiger partial charge in [-0.1, -0.05) is 44.2 Å². The highest BCUT2D eigenvalue weighted by Gasteiger charge is 2.57. The summed E-state index contributed by atoms with van der Waals surface area (Å²) in [5.41, 5.74) is 4.74. The molecule has 0 heterocycles. The lowest BCUT2D eigenvalue weighted by Crippen LogP contribution is -2.56. The number of urea groups is 1. The van der Waals surface area contributed by atoms with E-state index in [0.29, 0.717) is 35.5 Å². The van der Waals surface area contributed by atoms with E-state index in [-0.39, 0.29) is 12.5 Å². The van der Waals surface area contributed by atoms with E-state index < -0.39 is 5.97 Å². The molecule has 3 aliphatic carbocycles. The number of nitrogens with zero attached hydrogens (tertiary/aromatic N) is 1. The number of para-hydroxylation sites is 1. The Morgan fingerprint density at radius 1 is 1.19 bits per heavy atom. The van der Waals surface area contributed by atoms with Gasteiger partial charge >= 0.3 is 12.0 Å². The van der Waals surface area contributed by atoms with E-state index in [2.05, 4.69) is 41.8 Å². The number of carbonyl (C=O) groups is 2. The lowest BCUT2D eigenvalue weighted by Gasteiger charge is -2.62. The Morgan fingerprint density at radius 2 is 1.94 bits per heavy atom. The van der Waals surface area contributed by atoms with Crippen LogP contribution in [0.25, 0.3) is 0 Å². The van der Waals surface area contributed by atoms with E-state index in [0.717, 1.165) is 30.7 Å². The molecule has 0 spiro atoms. The van der Waals surface area contributed by atoms with Crippen molar-refractivity contribution in [2.75, 3.05) is 5.32 Å². The van der Waals surface area contributed by atoms with Crippen molar-refractivity contribution in [3.8, 4) is 0 Å². The maximum absolute atomic E-state index is 12.2. The average Bonchev–Trinajstić information content (AvgIpc) is 2.74. The lowest BCUT2D eigenvalue weighted by atomic mass is 9.42. The molecule has 0 saturated heterocycles. The van der Waals surface area contributed by atoms with Gasteiger partial charge in [-0.15, -0.1) is 0 Å². The topological polar surface area (TPSA) is 90.8 Å². The quantitative estimate of drug-likeness (QED) is 0.206. The number of hydrazone groups is 1. The van der Waals surface area contributed by atoms with Gasteiger partial charge in [0.05, 0.1) is 0 Å². The van der Waals surface area contributed by atoms with Gasteiger partial charge in [0, 0.05) is 23.7 Å². The number of amides is 2. The Balaban J connectivity index is 1.59. The van der Waals surface area contributed by atoms with E-state index in [4.69, 9.17) is 5.11 Å². The summed E-state index contributed by atoms with van der Waals surface area (Å²) in [6, 6.07) is 9.00. The molecule has 2 unspecified atom stereocenters. The largest absolute Gasteiger partial charge is 0.481 e. The van der Waals surface area contributed by atoms with Gasteiger partial charge in [-0.3, -0.25) is 4.79 Å². The molecular weight excluding hydrogens is 390 g/mol. The third kappa shape index (κ3) is 5.75. The van der Waals surface area contributed by atoms with Crippen molar-refractivity contribution >= 4 is 23.4 Å². The first kappa shape index (κ1) is 23.0. The summed E-state index contributed by atoms with van der Waals surface area (Å²) in [4.78, 5) is 22.9. The number of rotatable bonds is 9. The Labute approximate surface area is 185 Å². The van der Waals surface area contributed by atoms with Crippen molar-refractivity contribution in [2.45, 2.75) is 59.3 Å². The highest BCUT2D eigenvalue weighted by molar-refractivity contribution is 5.91. The summed E-state index contributed by atoms with van der Waals surface area (Å²) in [5, 5.41) is 16.0. The lowest BCUT2D eigenvalue weighted by molar-refractivity contribution is -0.137. The molecule has 1 aromatic carbocycles. The summed E-state index contributed by atoms with van der Waals surface area (Å²) in [7, 11) is 0. The van der Waals surface area contributed by atoms with Crippen LogP contribution in [0.1, 0.15) is 59.3 Å². The molecule has 3 N–H and O–H groups in total. The van der Waals surface area contributed by atoms with Crippen molar-refractivity contribution in [3.63, 3.8) is 0 Å². The SMILES string of the molecule is CC(=NNC(=O)Nc1ccccc1)[C@@H]1CC2CC([C@H]1C/C=C\CCCC(=O)O)C2(C)C. The minimum atomic E-state index is -0.737. The number of carboxylic acid groups (broad SMARTS) is 1. The van der Waals surface area contributed by atoms with Gasteiger partial charge in [-0.2, -0.15) is 5.10 Å². The Kier molecular flexibility index (Phi) is 7.52. The number of allylic oxidation sites excluding steroid dienone is 2. The fourth-order valence-corrected chi connectivity index (χ4v) is 5.40. The molecule has 2 amide bonds. The highest BCUT2D eigenvalue weighted by Crippen LogP contribution is 2.64. The Hall–Kier alpha value is -2.63. The molecule has 0 aromatic heterocycles. The van der Waals surface area contributed by atoms with Crippen LogP contribution in [0, 0.1) is 29.1 Å². The molecule has 6 heteroatoms. The number of carbonyl (C=O) groups excluding carboxylic acids is 1. The zero-order valence-electron chi connectivity index (χ0n) is 18.8. The number of aliphatic carboxylic acids is 1. The number of hydrogen-bond acceptors (Lipinski definition) is 3. The van der Waals surface area contributed by atoms with Crippen LogP contribution in [0.2, 0.25) is 0 Å². The molecule has 3 aliphatic rings. The van der Waals surface area contributed by atoms with Gasteiger partial charge in [0.1, 0.15) is 0 Å². The second kappa shape index (κ2) is 10.1. The summed E-state index contributed by atoms with van der Waals surface area (Å²) in [6.45, 7) is 6.78. The van der Waals surface area contributed by atoms with Gasteiger partial charge in [0.15, 0.2) is 0 Å². The van der Waals surface area contributed by atoms with Crippen molar-refractivity contribution < 1.29 is 14.7 Å². The minimum absolute atomic E-state index is 0.218. The van der Waals surface area contributed by atoms with E-state index in [1.54, 1.807) is 0 Å². The van der Waals surface area contributed by atoms with E-state index in [9.17, 15) is 9.59 Å². The fourth-order valence-electron chi connectivity index (χ4n) is 5.40. The summed E-state index contributed by atoms with van der Waals surface area (Å²) >= 11 is 0. The molecule has 4 rings (SSSR count). The van der Waals surface area contributed by atoms with Crippen molar-refractivity contribution in [3.05, 3.63) is 42.5 Å². The van der Waals surface area contributed by atoms with E-state index >= 15 is 0 Å². The number of nitrogens with one attached hydrogen (secondary N) is 2. The van der Waals surface area contributed by atoms with Gasteiger partial charge in [-0.05, 0) is 74.3 Å². The number of fused-ring (bicyclic) bond motifs is 2. The highest BCUT2D eigenvalue weighted by atomic mass is 16.4. The van der Waals surface area contributed by atoms with Crippen LogP contribution in [-0.4, -0.2) is 22.8 Å². The maximum Gasteiger partial charge on any atom is 0.339 e. The van der Waals surface area contributed by atoms with Crippen LogP contribution in [0.5, 0.6) is 0 Å². The van der Waals surface area contributed by atoms with Crippen LogP contribution in [0.4, 0.5) is 10.5 Å². The van der Waals surface area contributed by atoms with Gasteiger partial charge in [0.2, 0.25) is 0 Å². The maximum atomic E-state index is 12.2. The minimum Gasteiger partial charge on any atom is -0.481 e. The first-order valence-corrected chi connectivity index (χ1v) is 11.3. The number of carboxylic acids is 1. The second-order valence-corrected chi connectivity index (χ2v) is 9.54. The predicted molar refractivity (Wildman–Crippen MR) is 124 cm³/mol. The van der Waals surface area contributed by atoms with Crippen molar-refractivity contribution in [2.24, 2.45) is 34.2 Å². The zero-order valence-corrected chi connectivity index (χ0v) is 18.8. The molecule has 3 saturated carbocycles. The molecule has 4 atom stereocenters. The monoisotopic (exact) mass is 425 g/mol. The molecule has 0 aliphatic heterocycles. The second-order valence-electron chi connectivity index (χ2n) is 9.54. The Bertz CT molecular complexity index is 832. The normalized spacial score (nSPS) is 26.9. The fraction of sp³-hybridized carbons (Fsp3) is 0.560. The van der Waals surface area contributed by atoms with Crippen LogP contribution in [0.15, 0.2) is 47.6 Å². The molecule has 168 valence electrons. The molecule has 6 nitrogen and oxygen atoms in total. The van der Waals surface area contributed by atoms with E-state index in [1.807, 2.05) is 37.3 Å². The smallest absolute Gasteiger partial charge is 0.339 e. The van der Waals surface area contributed by atoms with Crippen LogP contribution >= 0.6 is 0 Å². The molecule has 3 fully saturated rings. The molecule has 1 aromatic rings. The zero-order chi connectivity index (χ0) is 22.4. The van der Waals surface area contributed by atoms with Crippen LogP contribution < -0.4 is 10.7 Å². The first-order chi connectivity index (χ1) is 14.8. The summed E-state index contributed by atoms with van der Waals surface area (Å²) in [5.74, 6) is 1.49. The first-order valence-electron chi connectivity index (χ1n) is 11.3. The standard InChI is InChI=1S/C25H35N3O3/c1-17(27-28-24(31)26-19-11-7-6-8-12-19)21-15-18-16-22(25(18,2)3)20(21)13-9-4-5-10-14-23(29)30/h4,6-9,11-12,18,20-22H,5,10,13-16H2,1-3H3,(H,29,30)(H2,26,28,31)/b9-4-,27-17?/t18?,20-,21-,22?/m0/s1.